The van der Waals surface area contributed by atoms with E-state index in [1.165, 1.54) is 18.4 Å². The smallest absolute Gasteiger partial charge is 0.325 e. The van der Waals surface area contributed by atoms with Gasteiger partial charge in [-0.2, -0.15) is 0 Å². The number of imide groups is 1. The molecule has 1 aromatic rings. The third kappa shape index (κ3) is 4.74. The van der Waals surface area contributed by atoms with E-state index in [-0.39, 0.29) is 17.9 Å². The van der Waals surface area contributed by atoms with Gasteiger partial charge in [0.1, 0.15) is 12.1 Å². The summed E-state index contributed by atoms with van der Waals surface area (Å²) in [6, 6.07) is 7.18. The fraction of sp³-hybridized carbons (Fsp3) is 0.542. The van der Waals surface area contributed by atoms with Crippen LogP contribution in [0, 0.1) is 0 Å². The van der Waals surface area contributed by atoms with E-state index < -0.39 is 17.5 Å². The lowest BCUT2D eigenvalue weighted by molar-refractivity contribution is -0.134. The minimum absolute atomic E-state index is 0.000162. The Bertz CT molecular complexity index is 851. The third-order valence-corrected chi connectivity index (χ3v) is 6.06. The Kier molecular flexibility index (Phi) is 6.34. The van der Waals surface area contributed by atoms with Crippen LogP contribution in [0.15, 0.2) is 35.9 Å². The van der Waals surface area contributed by atoms with E-state index in [0.29, 0.717) is 12.1 Å². The molecule has 0 saturated carbocycles. The Morgan fingerprint density at radius 3 is 2.47 bits per heavy atom. The highest BCUT2D eigenvalue weighted by molar-refractivity contribution is 6.09. The molecule has 4 amide bonds. The summed E-state index contributed by atoms with van der Waals surface area (Å²) in [4.78, 5) is 38.8. The molecule has 3 rings (SSSR count). The molecule has 1 aliphatic carbocycles. The summed E-state index contributed by atoms with van der Waals surface area (Å²) < 4.78 is 0. The van der Waals surface area contributed by atoms with Crippen LogP contribution in [0.4, 0.5) is 4.79 Å². The summed E-state index contributed by atoms with van der Waals surface area (Å²) in [7, 11) is 0. The number of carbonyl (C=O) groups is 3. The van der Waals surface area contributed by atoms with Gasteiger partial charge in [-0.1, -0.05) is 56.7 Å². The van der Waals surface area contributed by atoms with Gasteiger partial charge >= 0.3 is 6.03 Å². The largest absolute Gasteiger partial charge is 0.354 e. The van der Waals surface area contributed by atoms with Crippen molar-refractivity contribution in [1.29, 1.82) is 0 Å². The lowest BCUT2D eigenvalue weighted by Gasteiger charge is -2.24. The van der Waals surface area contributed by atoms with E-state index in [0.717, 1.165) is 29.7 Å². The maximum absolute atomic E-state index is 13.0. The Hall–Kier alpha value is -2.63. The van der Waals surface area contributed by atoms with Crippen LogP contribution in [0.3, 0.4) is 0 Å². The van der Waals surface area contributed by atoms with E-state index in [4.69, 9.17) is 0 Å². The van der Waals surface area contributed by atoms with Gasteiger partial charge in [-0.15, -0.1) is 0 Å². The predicted octanol–water partition coefficient (Wildman–Crippen LogP) is 3.76. The molecule has 6 heteroatoms. The van der Waals surface area contributed by atoms with Gasteiger partial charge in [0.15, 0.2) is 0 Å². The van der Waals surface area contributed by atoms with E-state index in [1.807, 2.05) is 24.3 Å². The maximum Gasteiger partial charge on any atom is 0.325 e. The van der Waals surface area contributed by atoms with E-state index >= 15 is 0 Å². The number of carbonyl (C=O) groups excluding carboxylic acids is 3. The molecule has 1 aliphatic heterocycles. The lowest BCUT2D eigenvalue weighted by atomic mass is 9.84. The van der Waals surface area contributed by atoms with Gasteiger partial charge in [0.05, 0.1) is 0 Å². The molecule has 1 aromatic carbocycles. The highest BCUT2D eigenvalue weighted by Crippen LogP contribution is 2.31. The Morgan fingerprint density at radius 1 is 1.17 bits per heavy atom. The second-order valence-electron chi connectivity index (χ2n) is 9.48. The molecule has 0 spiro atoms. The molecule has 162 valence electrons. The summed E-state index contributed by atoms with van der Waals surface area (Å²) in [6.07, 6.45) is 7.72. The van der Waals surface area contributed by atoms with Gasteiger partial charge in [0, 0.05) is 6.54 Å². The van der Waals surface area contributed by atoms with Crippen LogP contribution < -0.4 is 10.6 Å². The zero-order valence-corrected chi connectivity index (χ0v) is 18.5. The second-order valence-corrected chi connectivity index (χ2v) is 9.48. The number of hydrogen-bond donors (Lipinski definition) is 2. The monoisotopic (exact) mass is 411 g/mol. The van der Waals surface area contributed by atoms with Crippen LogP contribution >= 0.6 is 0 Å². The van der Waals surface area contributed by atoms with Crippen LogP contribution in [0.5, 0.6) is 0 Å². The highest BCUT2D eigenvalue weighted by atomic mass is 16.2. The molecular weight excluding hydrogens is 378 g/mol. The van der Waals surface area contributed by atoms with Crippen molar-refractivity contribution in [2.45, 2.75) is 70.8 Å². The van der Waals surface area contributed by atoms with Gasteiger partial charge in [0.25, 0.3) is 5.91 Å². The van der Waals surface area contributed by atoms with Crippen LogP contribution in [0.1, 0.15) is 70.9 Å². The molecule has 6 nitrogen and oxygen atoms in total. The summed E-state index contributed by atoms with van der Waals surface area (Å²) >= 11 is 0. The number of allylic oxidation sites excluding steroid dienone is 1. The van der Waals surface area contributed by atoms with Crippen molar-refractivity contribution in [3.63, 3.8) is 0 Å². The van der Waals surface area contributed by atoms with E-state index in [1.54, 1.807) is 6.92 Å². The molecule has 1 atom stereocenters. The number of hydrogen-bond acceptors (Lipinski definition) is 3. The molecule has 0 unspecified atom stereocenters. The normalized spacial score (nSPS) is 22.0. The number of rotatable bonds is 6. The first-order valence-corrected chi connectivity index (χ1v) is 10.8. The van der Waals surface area contributed by atoms with Gasteiger partial charge in [0.2, 0.25) is 5.91 Å². The minimum Gasteiger partial charge on any atom is -0.354 e. The summed E-state index contributed by atoms with van der Waals surface area (Å²) in [5, 5.41) is 5.60. The highest BCUT2D eigenvalue weighted by Gasteiger charge is 2.49. The first-order chi connectivity index (χ1) is 14.1. The predicted molar refractivity (Wildman–Crippen MR) is 117 cm³/mol. The van der Waals surface area contributed by atoms with Crippen molar-refractivity contribution in [3.05, 3.63) is 47.0 Å². The molecule has 2 aliphatic rings. The topological polar surface area (TPSA) is 78.5 Å². The zero-order chi connectivity index (χ0) is 21.9. The van der Waals surface area contributed by atoms with Crippen molar-refractivity contribution in [1.82, 2.24) is 15.5 Å². The lowest BCUT2D eigenvalue weighted by Crippen LogP contribution is -2.43. The fourth-order valence-electron chi connectivity index (χ4n) is 4.03. The van der Waals surface area contributed by atoms with E-state index in [9.17, 15) is 14.4 Å². The molecule has 1 fully saturated rings. The molecular formula is C24H33N3O3. The average molecular weight is 412 g/mol. The quantitative estimate of drug-likeness (QED) is 0.553. The van der Waals surface area contributed by atoms with Gasteiger partial charge in [-0.3, -0.25) is 14.5 Å². The zero-order valence-electron chi connectivity index (χ0n) is 18.5. The fourth-order valence-corrected chi connectivity index (χ4v) is 4.03. The number of benzene rings is 1. The molecule has 1 saturated heterocycles. The Morgan fingerprint density at radius 2 is 1.87 bits per heavy atom. The summed E-state index contributed by atoms with van der Waals surface area (Å²) in [6.45, 7) is 8.32. The maximum atomic E-state index is 13.0. The van der Waals surface area contributed by atoms with Gasteiger partial charge in [-0.05, 0) is 55.6 Å². The molecule has 30 heavy (non-hydrogen) atoms. The summed E-state index contributed by atoms with van der Waals surface area (Å²) in [5.41, 5.74) is 2.07. The number of urea groups is 1. The van der Waals surface area contributed by atoms with Gasteiger partial charge in [-0.25, -0.2) is 4.79 Å². The van der Waals surface area contributed by atoms with Crippen LogP contribution in [-0.2, 0) is 20.5 Å². The Labute approximate surface area is 179 Å². The van der Waals surface area contributed by atoms with E-state index in [2.05, 4.69) is 37.5 Å². The third-order valence-electron chi connectivity index (χ3n) is 6.06. The number of amides is 4. The molecule has 0 bridgehead atoms. The van der Waals surface area contributed by atoms with Crippen molar-refractivity contribution >= 4 is 17.8 Å². The van der Waals surface area contributed by atoms with Crippen molar-refractivity contribution in [2.75, 3.05) is 13.1 Å². The number of nitrogens with zero attached hydrogens (tertiary/aromatic N) is 1. The van der Waals surface area contributed by atoms with Crippen molar-refractivity contribution in [2.24, 2.45) is 0 Å². The SMILES string of the molecule is CC(C)(C)c1ccc([C@]2(C)NC(=O)N(CC(=O)NCCC3=CCCCC3)C2=O)cc1. The molecule has 2 N–H and O–H groups in total. The first kappa shape index (κ1) is 22.1. The standard InChI is InChI=1S/C24H33N3O3/c1-23(2,3)18-10-12-19(13-11-18)24(4)21(29)27(22(30)26-24)16-20(28)25-15-14-17-8-6-5-7-9-17/h8,10-13H,5-7,9,14-16H2,1-4H3,(H,25,28)(H,26,30)/t24-/m0/s1. The van der Waals surface area contributed by atoms with Crippen LogP contribution in [0.25, 0.3) is 0 Å². The number of nitrogens with one attached hydrogen (secondary N) is 2. The molecule has 0 radical (unpaired) electrons. The molecule has 1 heterocycles. The first-order valence-electron chi connectivity index (χ1n) is 10.8. The van der Waals surface area contributed by atoms with Crippen molar-refractivity contribution in [3.8, 4) is 0 Å². The molecule has 0 aromatic heterocycles. The average Bonchev–Trinajstić information content (AvgIpc) is 2.92. The minimum atomic E-state index is -1.17. The Balaban J connectivity index is 1.60. The summed E-state index contributed by atoms with van der Waals surface area (Å²) in [5.74, 6) is -0.719. The second kappa shape index (κ2) is 8.62. The van der Waals surface area contributed by atoms with Crippen molar-refractivity contribution < 1.29 is 14.4 Å². The van der Waals surface area contributed by atoms with Gasteiger partial charge < -0.3 is 10.6 Å². The van der Waals surface area contributed by atoms with Crippen LogP contribution in [0.2, 0.25) is 0 Å². The van der Waals surface area contributed by atoms with Crippen LogP contribution in [-0.4, -0.2) is 35.8 Å².